The molecule has 0 saturated heterocycles. The quantitative estimate of drug-likeness (QED) is 0.267. The van der Waals surface area contributed by atoms with Crippen LogP contribution in [0.1, 0.15) is 22.3 Å². The molecule has 0 saturated carbocycles. The van der Waals surface area contributed by atoms with Crippen molar-refractivity contribution >= 4 is 23.4 Å². The van der Waals surface area contributed by atoms with Crippen LogP contribution in [-0.2, 0) is 35.5 Å². The molecule has 38 heavy (non-hydrogen) atoms. The molecule has 6 heteroatoms. The highest BCUT2D eigenvalue weighted by molar-refractivity contribution is 6.30. The maximum atomic E-state index is 13.8. The average molecular weight is 527 g/mol. The second-order valence-electron chi connectivity index (χ2n) is 9.08. The van der Waals surface area contributed by atoms with Crippen LogP contribution in [0.2, 0.25) is 5.02 Å². The van der Waals surface area contributed by atoms with Gasteiger partial charge >= 0.3 is 0 Å². The number of hydrogen-bond acceptors (Lipinski definition) is 3. The van der Waals surface area contributed by atoms with E-state index in [4.69, 9.17) is 16.3 Å². The minimum Gasteiger partial charge on any atom is -0.497 e. The van der Waals surface area contributed by atoms with Gasteiger partial charge in [-0.3, -0.25) is 9.59 Å². The summed E-state index contributed by atoms with van der Waals surface area (Å²) in [7, 11) is 1.61. The van der Waals surface area contributed by atoms with Gasteiger partial charge in [-0.2, -0.15) is 0 Å². The Morgan fingerprint density at radius 1 is 0.763 bits per heavy atom. The van der Waals surface area contributed by atoms with Crippen molar-refractivity contribution in [2.45, 2.75) is 32.0 Å². The number of nitrogens with one attached hydrogen (secondary N) is 1. The molecule has 1 N–H and O–H groups in total. The minimum absolute atomic E-state index is 0.140. The number of rotatable bonds is 11. The van der Waals surface area contributed by atoms with Crippen LogP contribution in [0.3, 0.4) is 0 Å². The van der Waals surface area contributed by atoms with Gasteiger partial charge in [0.1, 0.15) is 11.8 Å². The lowest BCUT2D eigenvalue weighted by atomic mass is 10.0. The summed E-state index contributed by atoms with van der Waals surface area (Å²) in [5.41, 5.74) is 3.71. The fourth-order valence-corrected chi connectivity index (χ4v) is 4.39. The molecule has 0 aromatic heterocycles. The number of halogens is 1. The van der Waals surface area contributed by atoms with Crippen molar-refractivity contribution in [3.8, 4) is 5.75 Å². The van der Waals surface area contributed by atoms with Gasteiger partial charge in [-0.25, -0.2) is 0 Å². The van der Waals surface area contributed by atoms with Gasteiger partial charge in [0.05, 0.1) is 13.5 Å². The summed E-state index contributed by atoms with van der Waals surface area (Å²) in [5, 5.41) is 3.67. The Morgan fingerprint density at radius 2 is 1.34 bits per heavy atom. The zero-order valence-corrected chi connectivity index (χ0v) is 22.1. The fraction of sp³-hybridized carbons (Fsp3) is 0.188. The molecule has 4 aromatic carbocycles. The van der Waals surface area contributed by atoms with Gasteiger partial charge in [-0.15, -0.1) is 0 Å². The maximum absolute atomic E-state index is 13.8. The molecule has 0 aliphatic heterocycles. The van der Waals surface area contributed by atoms with Crippen LogP contribution < -0.4 is 10.1 Å². The number of nitrogens with zero attached hydrogens (tertiary/aromatic N) is 1. The Kier molecular flexibility index (Phi) is 9.54. The summed E-state index contributed by atoms with van der Waals surface area (Å²) in [4.78, 5) is 29.2. The first kappa shape index (κ1) is 27.0. The van der Waals surface area contributed by atoms with E-state index in [0.717, 1.165) is 28.0 Å². The number of methoxy groups -OCH3 is 1. The summed E-state index contributed by atoms with van der Waals surface area (Å²) >= 11 is 6.05. The number of hydrogen-bond donors (Lipinski definition) is 1. The first-order chi connectivity index (χ1) is 18.5. The number of carbonyl (C=O) groups is 2. The smallest absolute Gasteiger partial charge is 0.243 e. The Balaban J connectivity index is 1.64. The third kappa shape index (κ3) is 7.70. The molecule has 2 amide bonds. The monoisotopic (exact) mass is 526 g/mol. The summed E-state index contributed by atoms with van der Waals surface area (Å²) < 4.78 is 5.29. The molecule has 0 heterocycles. The van der Waals surface area contributed by atoms with Crippen molar-refractivity contribution in [2.24, 2.45) is 0 Å². The van der Waals surface area contributed by atoms with Crippen molar-refractivity contribution in [3.63, 3.8) is 0 Å². The number of ether oxygens (including phenoxy) is 1. The largest absolute Gasteiger partial charge is 0.497 e. The van der Waals surface area contributed by atoms with E-state index in [-0.39, 0.29) is 24.8 Å². The van der Waals surface area contributed by atoms with Crippen molar-refractivity contribution in [2.75, 3.05) is 7.11 Å². The lowest BCUT2D eigenvalue weighted by molar-refractivity contribution is -0.140. The standard InChI is InChI=1S/C32H31ClN2O3/c1-38-29-18-14-27(15-19-29)23-35(31(36)21-25-12-16-28(33)17-13-25)30(20-24-8-4-2-5-9-24)32(37)34-22-26-10-6-3-7-11-26/h2-19,30H,20-23H2,1H3,(H,34,37)/t30-/m1/s1. The first-order valence-corrected chi connectivity index (χ1v) is 12.9. The van der Waals surface area contributed by atoms with Crippen molar-refractivity contribution in [1.82, 2.24) is 10.2 Å². The predicted molar refractivity (Wildman–Crippen MR) is 151 cm³/mol. The molecule has 0 bridgehead atoms. The van der Waals surface area contributed by atoms with Gasteiger partial charge in [0, 0.05) is 24.5 Å². The predicted octanol–water partition coefficient (Wildman–Crippen LogP) is 5.85. The van der Waals surface area contributed by atoms with Crippen LogP contribution in [0.25, 0.3) is 0 Å². The van der Waals surface area contributed by atoms with E-state index in [1.54, 1.807) is 24.1 Å². The van der Waals surface area contributed by atoms with Gasteiger partial charge in [0.2, 0.25) is 11.8 Å². The van der Waals surface area contributed by atoms with Crippen LogP contribution in [-0.4, -0.2) is 29.9 Å². The lowest BCUT2D eigenvalue weighted by Gasteiger charge is -2.32. The zero-order valence-electron chi connectivity index (χ0n) is 21.3. The van der Waals surface area contributed by atoms with Gasteiger partial charge in [0.25, 0.3) is 0 Å². The highest BCUT2D eigenvalue weighted by Gasteiger charge is 2.30. The Labute approximate surface area is 229 Å². The van der Waals surface area contributed by atoms with E-state index in [2.05, 4.69) is 5.32 Å². The molecular weight excluding hydrogens is 496 g/mol. The molecule has 0 spiro atoms. The number of amides is 2. The summed E-state index contributed by atoms with van der Waals surface area (Å²) in [6, 6.07) is 33.6. The molecule has 4 aromatic rings. The lowest BCUT2D eigenvalue weighted by Crippen LogP contribution is -2.50. The Bertz CT molecular complexity index is 1310. The van der Waals surface area contributed by atoms with Crippen LogP contribution in [0.15, 0.2) is 109 Å². The molecule has 0 aliphatic carbocycles. The second kappa shape index (κ2) is 13.5. The third-order valence-electron chi connectivity index (χ3n) is 6.36. The van der Waals surface area contributed by atoms with Gasteiger partial charge < -0.3 is 15.0 Å². The molecule has 0 radical (unpaired) electrons. The van der Waals surface area contributed by atoms with E-state index >= 15 is 0 Å². The van der Waals surface area contributed by atoms with Gasteiger partial charge in [0.15, 0.2) is 0 Å². The summed E-state index contributed by atoms with van der Waals surface area (Å²) in [6.07, 6.45) is 0.550. The van der Waals surface area contributed by atoms with Crippen molar-refractivity contribution < 1.29 is 14.3 Å². The molecule has 194 valence electrons. The topological polar surface area (TPSA) is 58.6 Å². The van der Waals surface area contributed by atoms with Crippen molar-refractivity contribution in [3.05, 3.63) is 136 Å². The average Bonchev–Trinajstić information content (AvgIpc) is 2.96. The summed E-state index contributed by atoms with van der Waals surface area (Å²) in [5.74, 6) is 0.392. The normalized spacial score (nSPS) is 11.4. The molecule has 5 nitrogen and oxygen atoms in total. The van der Waals surface area contributed by atoms with Crippen molar-refractivity contribution in [1.29, 1.82) is 0 Å². The Hall–Kier alpha value is -4.09. The number of carbonyl (C=O) groups excluding carboxylic acids is 2. The molecular formula is C32H31ClN2O3. The number of benzene rings is 4. The molecule has 4 rings (SSSR count). The molecule has 1 atom stereocenters. The van der Waals surface area contributed by atoms with Crippen LogP contribution in [0.4, 0.5) is 0 Å². The highest BCUT2D eigenvalue weighted by atomic mass is 35.5. The molecule has 0 unspecified atom stereocenters. The van der Waals surface area contributed by atoms with Crippen LogP contribution in [0.5, 0.6) is 5.75 Å². The van der Waals surface area contributed by atoms with Gasteiger partial charge in [-0.1, -0.05) is 96.5 Å². The highest BCUT2D eigenvalue weighted by Crippen LogP contribution is 2.19. The summed E-state index contributed by atoms with van der Waals surface area (Å²) in [6.45, 7) is 0.666. The van der Waals surface area contributed by atoms with E-state index in [0.29, 0.717) is 18.0 Å². The Morgan fingerprint density at radius 3 is 1.95 bits per heavy atom. The zero-order chi connectivity index (χ0) is 26.7. The fourth-order valence-electron chi connectivity index (χ4n) is 4.26. The van der Waals surface area contributed by atoms with E-state index in [9.17, 15) is 9.59 Å². The molecule has 0 aliphatic rings. The van der Waals surface area contributed by atoms with E-state index < -0.39 is 6.04 Å². The van der Waals surface area contributed by atoms with Gasteiger partial charge in [-0.05, 0) is 46.5 Å². The first-order valence-electron chi connectivity index (χ1n) is 12.5. The SMILES string of the molecule is COc1ccc(CN(C(=O)Cc2ccc(Cl)cc2)[C@H](Cc2ccccc2)C(=O)NCc2ccccc2)cc1. The van der Waals surface area contributed by atoms with Crippen LogP contribution in [0, 0.1) is 0 Å². The van der Waals surface area contributed by atoms with E-state index in [1.807, 2.05) is 97.1 Å². The molecule has 0 fully saturated rings. The van der Waals surface area contributed by atoms with Crippen LogP contribution >= 0.6 is 11.6 Å². The maximum Gasteiger partial charge on any atom is 0.243 e. The second-order valence-corrected chi connectivity index (χ2v) is 9.52. The third-order valence-corrected chi connectivity index (χ3v) is 6.61. The van der Waals surface area contributed by atoms with E-state index in [1.165, 1.54) is 0 Å². The minimum atomic E-state index is -0.706.